The van der Waals surface area contributed by atoms with E-state index < -0.39 is 28.0 Å². The van der Waals surface area contributed by atoms with Crippen LogP contribution >= 0.6 is 0 Å². The maximum absolute atomic E-state index is 13.3. The second-order valence-corrected chi connectivity index (χ2v) is 7.56. The van der Waals surface area contributed by atoms with E-state index in [0.29, 0.717) is 24.3 Å². The summed E-state index contributed by atoms with van der Waals surface area (Å²) in [5.74, 6) is -0.111. The summed E-state index contributed by atoms with van der Waals surface area (Å²) < 4.78 is 52.2. The van der Waals surface area contributed by atoms with Crippen LogP contribution in [0.15, 0.2) is 53.4 Å². The van der Waals surface area contributed by atoms with Crippen molar-refractivity contribution in [1.29, 1.82) is 5.26 Å². The first-order chi connectivity index (χ1) is 12.5. The molecule has 8 heteroatoms. The van der Waals surface area contributed by atoms with Gasteiger partial charge in [0, 0.05) is 6.61 Å². The molecular weight excluding hydrogens is 359 g/mol. The summed E-state index contributed by atoms with van der Waals surface area (Å²) in [5.41, 5.74) is 0.501. The molecule has 1 N–H and O–H groups in total. The standard InChI is InChI=1S/C18H17FN2O4S/c19-14-2-1-3-16(10-14)26(22,23)21-17-8-9-24-12-18(17)25-15-6-4-13(11-20)5-7-15/h1-7,10,17-18,21H,8-9,12H2/t17-,18-/m1/s1. The second-order valence-electron chi connectivity index (χ2n) is 5.84. The normalized spacial score (nSPS) is 20.3. The van der Waals surface area contributed by atoms with Crippen molar-refractivity contribution in [2.45, 2.75) is 23.5 Å². The molecule has 0 radical (unpaired) electrons. The van der Waals surface area contributed by atoms with E-state index in [9.17, 15) is 12.8 Å². The average Bonchev–Trinajstić information content (AvgIpc) is 2.64. The first-order valence-corrected chi connectivity index (χ1v) is 9.49. The zero-order valence-corrected chi connectivity index (χ0v) is 14.6. The summed E-state index contributed by atoms with van der Waals surface area (Å²) in [4.78, 5) is -0.138. The van der Waals surface area contributed by atoms with Gasteiger partial charge in [-0.1, -0.05) is 6.07 Å². The number of rotatable bonds is 5. The van der Waals surface area contributed by atoms with Crippen molar-refractivity contribution in [2.24, 2.45) is 0 Å². The molecule has 2 aromatic carbocycles. The second kappa shape index (κ2) is 7.83. The number of sulfonamides is 1. The van der Waals surface area contributed by atoms with Crippen LogP contribution in [0.2, 0.25) is 0 Å². The van der Waals surface area contributed by atoms with Gasteiger partial charge < -0.3 is 9.47 Å². The summed E-state index contributed by atoms with van der Waals surface area (Å²) in [7, 11) is -3.89. The molecule has 2 atom stereocenters. The third kappa shape index (κ3) is 4.38. The van der Waals surface area contributed by atoms with E-state index in [2.05, 4.69) is 4.72 Å². The fourth-order valence-corrected chi connectivity index (χ4v) is 3.98. The molecular formula is C18H17FN2O4S. The van der Waals surface area contributed by atoms with Crippen LogP contribution in [0.1, 0.15) is 12.0 Å². The lowest BCUT2D eigenvalue weighted by Gasteiger charge is -2.32. The van der Waals surface area contributed by atoms with E-state index in [1.165, 1.54) is 18.2 Å². The first-order valence-electron chi connectivity index (χ1n) is 8.00. The largest absolute Gasteiger partial charge is 0.486 e. The van der Waals surface area contributed by atoms with Crippen LogP contribution in [-0.2, 0) is 14.8 Å². The van der Waals surface area contributed by atoms with Crippen LogP contribution < -0.4 is 9.46 Å². The van der Waals surface area contributed by atoms with Gasteiger partial charge in [-0.3, -0.25) is 0 Å². The Bertz CT molecular complexity index is 910. The van der Waals surface area contributed by atoms with Crippen molar-refractivity contribution >= 4 is 10.0 Å². The Labute approximate surface area is 151 Å². The minimum absolute atomic E-state index is 0.138. The van der Waals surface area contributed by atoms with Crippen molar-refractivity contribution in [2.75, 3.05) is 13.2 Å². The van der Waals surface area contributed by atoms with Crippen LogP contribution in [0.5, 0.6) is 5.75 Å². The van der Waals surface area contributed by atoms with Crippen LogP contribution in [-0.4, -0.2) is 33.8 Å². The lowest BCUT2D eigenvalue weighted by atomic mass is 10.1. The number of nitrogens with zero attached hydrogens (tertiary/aromatic N) is 1. The summed E-state index contributed by atoms with van der Waals surface area (Å²) in [6.07, 6.45) is -0.116. The minimum Gasteiger partial charge on any atom is -0.486 e. The number of halogens is 1. The highest BCUT2D eigenvalue weighted by Gasteiger charge is 2.31. The number of hydrogen-bond donors (Lipinski definition) is 1. The van der Waals surface area contributed by atoms with Gasteiger partial charge in [-0.15, -0.1) is 0 Å². The molecule has 0 saturated carbocycles. The number of hydrogen-bond acceptors (Lipinski definition) is 5. The zero-order chi connectivity index (χ0) is 18.6. The molecule has 0 aliphatic carbocycles. The van der Waals surface area contributed by atoms with Crippen LogP contribution in [0.3, 0.4) is 0 Å². The molecule has 0 spiro atoms. The molecule has 26 heavy (non-hydrogen) atoms. The van der Waals surface area contributed by atoms with Crippen molar-refractivity contribution in [3.8, 4) is 11.8 Å². The van der Waals surface area contributed by atoms with Crippen molar-refractivity contribution < 1.29 is 22.3 Å². The molecule has 1 aliphatic heterocycles. The van der Waals surface area contributed by atoms with E-state index in [-0.39, 0.29) is 11.5 Å². The lowest BCUT2D eigenvalue weighted by molar-refractivity contribution is -0.00926. The SMILES string of the molecule is N#Cc1ccc(O[C@@H]2COCC[C@H]2NS(=O)(=O)c2cccc(F)c2)cc1. The van der Waals surface area contributed by atoms with Crippen molar-refractivity contribution in [3.63, 3.8) is 0 Å². The van der Waals surface area contributed by atoms with E-state index in [0.717, 1.165) is 6.07 Å². The van der Waals surface area contributed by atoms with Gasteiger partial charge in [-0.2, -0.15) is 5.26 Å². The number of benzene rings is 2. The first kappa shape index (κ1) is 18.3. The highest BCUT2D eigenvalue weighted by Crippen LogP contribution is 2.20. The molecule has 0 aromatic heterocycles. The summed E-state index contributed by atoms with van der Waals surface area (Å²) in [6, 6.07) is 12.9. The molecule has 3 rings (SSSR count). The number of ether oxygens (including phenoxy) is 2. The monoisotopic (exact) mass is 376 g/mol. The molecule has 1 fully saturated rings. The molecule has 6 nitrogen and oxygen atoms in total. The minimum atomic E-state index is -3.89. The van der Waals surface area contributed by atoms with Gasteiger partial charge >= 0.3 is 0 Å². The predicted octanol–water partition coefficient (Wildman–Crippen LogP) is 2.21. The zero-order valence-electron chi connectivity index (χ0n) is 13.8. The fourth-order valence-electron chi connectivity index (χ4n) is 2.65. The molecule has 0 unspecified atom stereocenters. The highest BCUT2D eigenvalue weighted by atomic mass is 32.2. The lowest BCUT2D eigenvalue weighted by Crippen LogP contribution is -2.51. The molecule has 0 amide bonds. The topological polar surface area (TPSA) is 88.4 Å². The summed E-state index contributed by atoms with van der Waals surface area (Å²) in [6.45, 7) is 0.611. The van der Waals surface area contributed by atoms with Gasteiger partial charge in [0.2, 0.25) is 10.0 Å². The third-order valence-electron chi connectivity index (χ3n) is 3.99. The van der Waals surface area contributed by atoms with Gasteiger partial charge in [0.05, 0.1) is 29.2 Å². The maximum Gasteiger partial charge on any atom is 0.241 e. The van der Waals surface area contributed by atoms with Gasteiger partial charge in [-0.25, -0.2) is 17.5 Å². The van der Waals surface area contributed by atoms with E-state index in [4.69, 9.17) is 14.7 Å². The molecule has 2 aromatic rings. The van der Waals surface area contributed by atoms with Crippen LogP contribution in [0, 0.1) is 17.1 Å². The summed E-state index contributed by atoms with van der Waals surface area (Å²) >= 11 is 0. The molecule has 1 heterocycles. The van der Waals surface area contributed by atoms with Gasteiger partial charge in [0.25, 0.3) is 0 Å². The molecule has 136 valence electrons. The molecule has 1 saturated heterocycles. The third-order valence-corrected chi connectivity index (χ3v) is 5.48. The molecule has 1 aliphatic rings. The number of nitriles is 1. The van der Waals surface area contributed by atoms with Gasteiger partial charge in [0.1, 0.15) is 17.7 Å². The fraction of sp³-hybridized carbons (Fsp3) is 0.278. The predicted molar refractivity (Wildman–Crippen MR) is 91.5 cm³/mol. The quantitative estimate of drug-likeness (QED) is 0.864. The Balaban J connectivity index is 1.75. The Hall–Kier alpha value is -2.47. The van der Waals surface area contributed by atoms with Gasteiger partial charge in [-0.05, 0) is 48.9 Å². The Morgan fingerprint density at radius 1 is 1.23 bits per heavy atom. The van der Waals surface area contributed by atoms with E-state index >= 15 is 0 Å². The highest BCUT2D eigenvalue weighted by molar-refractivity contribution is 7.89. The van der Waals surface area contributed by atoms with Crippen LogP contribution in [0.25, 0.3) is 0 Å². The van der Waals surface area contributed by atoms with Gasteiger partial charge in [0.15, 0.2) is 0 Å². The average molecular weight is 376 g/mol. The Morgan fingerprint density at radius 3 is 2.69 bits per heavy atom. The van der Waals surface area contributed by atoms with Crippen molar-refractivity contribution in [1.82, 2.24) is 4.72 Å². The Kier molecular flexibility index (Phi) is 5.52. The maximum atomic E-state index is 13.3. The van der Waals surface area contributed by atoms with Crippen LogP contribution in [0.4, 0.5) is 4.39 Å². The Morgan fingerprint density at radius 2 is 2.00 bits per heavy atom. The smallest absolute Gasteiger partial charge is 0.241 e. The number of nitrogens with one attached hydrogen (secondary N) is 1. The van der Waals surface area contributed by atoms with E-state index in [1.54, 1.807) is 24.3 Å². The van der Waals surface area contributed by atoms with E-state index in [1.807, 2.05) is 6.07 Å². The summed E-state index contributed by atoms with van der Waals surface area (Å²) in [5, 5.41) is 8.83. The molecule has 0 bridgehead atoms. The van der Waals surface area contributed by atoms with Crippen molar-refractivity contribution in [3.05, 3.63) is 59.9 Å².